The molecule has 1 unspecified atom stereocenters. The van der Waals surface area contributed by atoms with Crippen molar-refractivity contribution in [2.24, 2.45) is 0 Å². The van der Waals surface area contributed by atoms with Crippen molar-refractivity contribution in [1.82, 2.24) is 10.2 Å². The third-order valence-electron chi connectivity index (χ3n) is 2.10. The van der Waals surface area contributed by atoms with Gasteiger partial charge in [0.2, 0.25) is 0 Å². The van der Waals surface area contributed by atoms with Gasteiger partial charge in [0.25, 0.3) is 0 Å². The highest BCUT2D eigenvalue weighted by molar-refractivity contribution is 4.77. The van der Waals surface area contributed by atoms with Crippen molar-refractivity contribution in [2.75, 3.05) is 27.2 Å². The van der Waals surface area contributed by atoms with Gasteiger partial charge in [-0.25, -0.2) is 0 Å². The van der Waals surface area contributed by atoms with Crippen LogP contribution >= 0.6 is 0 Å². The molecule has 1 N–H and O–H groups in total. The van der Waals surface area contributed by atoms with E-state index in [2.05, 4.69) is 30.8 Å². The van der Waals surface area contributed by atoms with Crippen molar-refractivity contribution >= 4 is 0 Å². The van der Waals surface area contributed by atoms with E-state index in [1.54, 1.807) is 0 Å². The minimum Gasteiger partial charge on any atom is -0.318 e. The van der Waals surface area contributed by atoms with Gasteiger partial charge in [0.1, 0.15) is 0 Å². The van der Waals surface area contributed by atoms with Crippen molar-refractivity contribution in [3.8, 4) is 0 Å². The van der Waals surface area contributed by atoms with Gasteiger partial charge in [-0.05, 0) is 20.5 Å². The van der Waals surface area contributed by atoms with Crippen molar-refractivity contribution in [1.29, 1.82) is 0 Å². The lowest BCUT2D eigenvalue weighted by Crippen LogP contribution is -2.38. The van der Waals surface area contributed by atoms with Crippen LogP contribution in [0.3, 0.4) is 0 Å². The van der Waals surface area contributed by atoms with Crippen molar-refractivity contribution < 1.29 is 0 Å². The Hall–Kier alpha value is -0.340. The minimum absolute atomic E-state index is 0.651. The van der Waals surface area contributed by atoms with Crippen molar-refractivity contribution in [2.45, 2.75) is 25.8 Å². The topological polar surface area (TPSA) is 15.3 Å². The molecule has 0 spiro atoms. The Morgan fingerprint density at radius 2 is 2.25 bits per heavy atom. The Morgan fingerprint density at radius 1 is 1.58 bits per heavy atom. The fraction of sp³-hybridized carbons (Fsp3) is 0.800. The van der Waals surface area contributed by atoms with Gasteiger partial charge < -0.3 is 5.32 Å². The van der Waals surface area contributed by atoms with Crippen LogP contribution < -0.4 is 5.32 Å². The molecule has 72 valence electrons. The van der Waals surface area contributed by atoms with Gasteiger partial charge in [-0.3, -0.25) is 4.90 Å². The van der Waals surface area contributed by atoms with Gasteiger partial charge in [-0.2, -0.15) is 0 Å². The fourth-order valence-electron chi connectivity index (χ4n) is 1.40. The summed E-state index contributed by atoms with van der Waals surface area (Å²) < 4.78 is 0. The molecular formula is C10H22N2. The van der Waals surface area contributed by atoms with Crippen LogP contribution in [0.4, 0.5) is 0 Å². The molecular weight excluding hydrogens is 148 g/mol. The molecule has 0 radical (unpaired) electrons. The number of nitrogens with one attached hydrogen (secondary N) is 1. The molecule has 0 bridgehead atoms. The van der Waals surface area contributed by atoms with Crippen LogP contribution in [0.2, 0.25) is 0 Å². The first kappa shape index (κ1) is 11.7. The maximum absolute atomic E-state index is 3.74. The molecule has 0 aliphatic carbocycles. The van der Waals surface area contributed by atoms with Gasteiger partial charge in [-0.1, -0.05) is 19.4 Å². The molecule has 0 saturated carbocycles. The standard InChI is InChI=1S/C10H22N2/c1-5-7-10(9-11-3)12(4)8-6-2/h6,10-11H,2,5,7-9H2,1,3-4H3. The van der Waals surface area contributed by atoms with Gasteiger partial charge in [0.05, 0.1) is 0 Å². The maximum Gasteiger partial charge on any atom is 0.0220 e. The average Bonchev–Trinajstić information content (AvgIpc) is 2.04. The van der Waals surface area contributed by atoms with E-state index in [9.17, 15) is 0 Å². The number of hydrogen-bond acceptors (Lipinski definition) is 2. The largest absolute Gasteiger partial charge is 0.318 e. The lowest BCUT2D eigenvalue weighted by Gasteiger charge is -2.26. The summed E-state index contributed by atoms with van der Waals surface area (Å²) in [7, 11) is 4.16. The fourth-order valence-corrected chi connectivity index (χ4v) is 1.40. The summed E-state index contributed by atoms with van der Waals surface area (Å²) >= 11 is 0. The molecule has 0 aromatic rings. The molecule has 0 aromatic heterocycles. The Balaban J connectivity index is 3.80. The van der Waals surface area contributed by atoms with E-state index in [0.717, 1.165) is 13.1 Å². The lowest BCUT2D eigenvalue weighted by atomic mass is 10.1. The summed E-state index contributed by atoms with van der Waals surface area (Å²) in [5.41, 5.74) is 0. The third kappa shape index (κ3) is 4.52. The van der Waals surface area contributed by atoms with Crippen molar-refractivity contribution in [3.63, 3.8) is 0 Å². The van der Waals surface area contributed by atoms with E-state index < -0.39 is 0 Å². The normalized spacial score (nSPS) is 13.3. The molecule has 0 saturated heterocycles. The van der Waals surface area contributed by atoms with Gasteiger partial charge in [0, 0.05) is 19.1 Å². The number of rotatable bonds is 7. The number of likely N-dealkylation sites (N-methyl/N-ethyl adjacent to an activating group) is 2. The first-order chi connectivity index (χ1) is 5.76. The monoisotopic (exact) mass is 170 g/mol. The van der Waals surface area contributed by atoms with Crippen LogP contribution in [0.25, 0.3) is 0 Å². The maximum atomic E-state index is 3.74. The molecule has 0 aliphatic heterocycles. The highest BCUT2D eigenvalue weighted by Gasteiger charge is 2.10. The van der Waals surface area contributed by atoms with Gasteiger partial charge in [0.15, 0.2) is 0 Å². The molecule has 12 heavy (non-hydrogen) atoms. The molecule has 2 heteroatoms. The molecule has 0 amide bonds. The second-order valence-electron chi connectivity index (χ2n) is 3.23. The molecule has 0 aliphatic rings. The second kappa shape index (κ2) is 7.32. The zero-order chi connectivity index (χ0) is 9.40. The predicted octanol–water partition coefficient (Wildman–Crippen LogP) is 1.49. The highest BCUT2D eigenvalue weighted by Crippen LogP contribution is 2.03. The molecule has 0 fully saturated rings. The zero-order valence-electron chi connectivity index (χ0n) is 8.64. The van der Waals surface area contributed by atoms with Crippen molar-refractivity contribution in [3.05, 3.63) is 12.7 Å². The van der Waals surface area contributed by atoms with E-state index in [4.69, 9.17) is 0 Å². The Labute approximate surface area is 76.6 Å². The summed E-state index contributed by atoms with van der Waals surface area (Å²) in [4.78, 5) is 2.34. The number of nitrogens with zero attached hydrogens (tertiary/aromatic N) is 1. The van der Waals surface area contributed by atoms with Gasteiger partial charge in [-0.15, -0.1) is 6.58 Å². The average molecular weight is 170 g/mol. The molecule has 0 aromatic carbocycles. The van der Waals surface area contributed by atoms with Crippen LogP contribution in [0.1, 0.15) is 19.8 Å². The van der Waals surface area contributed by atoms with Crippen LogP contribution in [-0.4, -0.2) is 38.1 Å². The summed E-state index contributed by atoms with van der Waals surface area (Å²) in [5.74, 6) is 0. The first-order valence-electron chi connectivity index (χ1n) is 4.72. The van der Waals surface area contributed by atoms with Crippen LogP contribution in [-0.2, 0) is 0 Å². The SMILES string of the molecule is C=CCN(C)C(CCC)CNC. The summed E-state index contributed by atoms with van der Waals surface area (Å²) in [6, 6.07) is 0.651. The quantitative estimate of drug-likeness (QED) is 0.582. The van der Waals surface area contributed by atoms with Crippen LogP contribution in [0.15, 0.2) is 12.7 Å². The van der Waals surface area contributed by atoms with Crippen LogP contribution in [0, 0.1) is 0 Å². The summed E-state index contributed by atoms with van der Waals surface area (Å²) in [6.07, 6.45) is 4.46. The van der Waals surface area contributed by atoms with Crippen LogP contribution in [0.5, 0.6) is 0 Å². The smallest absolute Gasteiger partial charge is 0.0220 e. The molecule has 1 atom stereocenters. The van der Waals surface area contributed by atoms with E-state index in [1.807, 2.05) is 13.1 Å². The Kier molecular flexibility index (Phi) is 7.11. The molecule has 0 rings (SSSR count). The van der Waals surface area contributed by atoms with E-state index in [0.29, 0.717) is 6.04 Å². The third-order valence-corrected chi connectivity index (χ3v) is 2.10. The first-order valence-corrected chi connectivity index (χ1v) is 4.72. The molecule has 0 heterocycles. The lowest BCUT2D eigenvalue weighted by molar-refractivity contribution is 0.247. The molecule has 2 nitrogen and oxygen atoms in total. The van der Waals surface area contributed by atoms with E-state index in [1.165, 1.54) is 12.8 Å². The summed E-state index contributed by atoms with van der Waals surface area (Å²) in [5, 5.41) is 3.22. The Bertz CT molecular complexity index is 106. The zero-order valence-corrected chi connectivity index (χ0v) is 8.64. The highest BCUT2D eigenvalue weighted by atomic mass is 15.1. The predicted molar refractivity (Wildman–Crippen MR) is 55.4 cm³/mol. The summed E-state index contributed by atoms with van der Waals surface area (Å²) in [6.45, 7) is 8.01. The van der Waals surface area contributed by atoms with E-state index in [-0.39, 0.29) is 0 Å². The Morgan fingerprint density at radius 3 is 2.67 bits per heavy atom. The number of hydrogen-bond donors (Lipinski definition) is 1. The van der Waals surface area contributed by atoms with Gasteiger partial charge >= 0.3 is 0 Å². The minimum atomic E-state index is 0.651. The van der Waals surface area contributed by atoms with E-state index >= 15 is 0 Å². The second-order valence-corrected chi connectivity index (χ2v) is 3.23.